The average molecular weight is 417 g/mol. The first-order valence-electron chi connectivity index (χ1n) is 11.0. The maximum absolute atomic E-state index is 12.0. The third-order valence-electron chi connectivity index (χ3n) is 5.28. The lowest BCUT2D eigenvalue weighted by Crippen LogP contribution is -2.54. The van der Waals surface area contributed by atoms with E-state index in [-0.39, 0.29) is 25.4 Å². The summed E-state index contributed by atoms with van der Waals surface area (Å²) in [4.78, 5) is 33.4. The fraction of sp³-hybridized carbons (Fsp3) is 0.857. The Hall–Kier alpha value is -1.67. The second-order valence-electron chi connectivity index (χ2n) is 7.80. The second kappa shape index (κ2) is 17.2. The number of nitrogens with zero attached hydrogens (tertiary/aromatic N) is 1. The highest BCUT2D eigenvalue weighted by molar-refractivity contribution is 5.75. The molecule has 1 atom stereocenters. The van der Waals surface area contributed by atoms with Gasteiger partial charge in [0.2, 0.25) is 5.91 Å². The van der Waals surface area contributed by atoms with Gasteiger partial charge in [0.1, 0.15) is 6.54 Å². The third-order valence-corrected chi connectivity index (χ3v) is 5.28. The summed E-state index contributed by atoms with van der Waals surface area (Å²) in [5.74, 6) is -1.86. The largest absolute Gasteiger partial charge is 0.550 e. The molecule has 0 heterocycles. The smallest absolute Gasteiger partial charge is 0.303 e. The molecule has 0 radical (unpaired) electrons. The van der Waals surface area contributed by atoms with E-state index in [1.54, 1.807) is 0 Å². The summed E-state index contributed by atoms with van der Waals surface area (Å²) in [5.41, 5.74) is 0. The Morgan fingerprint density at radius 1 is 0.828 bits per heavy atom. The highest BCUT2D eigenvalue weighted by Crippen LogP contribution is 2.13. The van der Waals surface area contributed by atoms with Crippen LogP contribution >= 0.6 is 0 Å². The maximum atomic E-state index is 12.0. The van der Waals surface area contributed by atoms with Gasteiger partial charge >= 0.3 is 5.97 Å². The van der Waals surface area contributed by atoms with Crippen LogP contribution in [0.4, 0.5) is 0 Å². The summed E-state index contributed by atoms with van der Waals surface area (Å²) in [6, 6.07) is 0. The highest BCUT2D eigenvalue weighted by atomic mass is 16.4. The van der Waals surface area contributed by atoms with Crippen molar-refractivity contribution in [2.75, 3.05) is 39.3 Å². The number of carboxylic acids is 2. The number of nitrogens with one attached hydrogen (secondary N) is 1. The molecule has 1 amide bonds. The standard InChI is InChI=1S/C21H40N2O6/c1-2-3-4-5-10-19(25)22-13-16-23(17-18-24,14-8-6-11-20(26)27)15-9-7-12-21(28)29/h24H,2-18H2,1H3,(H2-,22,25,26,27,28,29). The van der Waals surface area contributed by atoms with Gasteiger partial charge in [-0.15, -0.1) is 0 Å². The van der Waals surface area contributed by atoms with Crippen LogP contribution in [0.5, 0.6) is 0 Å². The summed E-state index contributed by atoms with van der Waals surface area (Å²) < 4.78 is 0.555. The van der Waals surface area contributed by atoms with Gasteiger partial charge in [-0.2, -0.15) is 0 Å². The van der Waals surface area contributed by atoms with Crippen molar-refractivity contribution in [3.63, 3.8) is 0 Å². The van der Waals surface area contributed by atoms with Gasteiger partial charge in [0.15, 0.2) is 0 Å². The van der Waals surface area contributed by atoms with Crippen molar-refractivity contribution in [1.29, 1.82) is 0 Å². The molecular formula is C21H40N2O6. The van der Waals surface area contributed by atoms with Crippen LogP contribution in [-0.4, -0.2) is 71.9 Å². The molecule has 0 spiro atoms. The Balaban J connectivity index is 4.63. The van der Waals surface area contributed by atoms with Gasteiger partial charge in [-0.3, -0.25) is 9.59 Å². The molecule has 0 aliphatic rings. The minimum atomic E-state index is -1.07. The van der Waals surface area contributed by atoms with Gasteiger partial charge in [0.25, 0.3) is 0 Å². The molecule has 3 N–H and O–H groups in total. The van der Waals surface area contributed by atoms with Crippen molar-refractivity contribution in [2.24, 2.45) is 0 Å². The van der Waals surface area contributed by atoms with Crippen LogP contribution in [0, 0.1) is 0 Å². The number of quaternary nitrogens is 1. The summed E-state index contributed by atoms with van der Waals surface area (Å²) >= 11 is 0. The van der Waals surface area contributed by atoms with Crippen LogP contribution in [0.1, 0.15) is 77.6 Å². The first kappa shape index (κ1) is 27.3. The molecule has 0 saturated heterocycles. The fourth-order valence-corrected chi connectivity index (χ4v) is 3.56. The van der Waals surface area contributed by atoms with Crippen LogP contribution in [0.3, 0.4) is 0 Å². The first-order valence-corrected chi connectivity index (χ1v) is 11.0. The van der Waals surface area contributed by atoms with E-state index < -0.39 is 11.9 Å². The third kappa shape index (κ3) is 15.9. The molecule has 0 bridgehead atoms. The van der Waals surface area contributed by atoms with Crippen molar-refractivity contribution in [3.05, 3.63) is 0 Å². The Morgan fingerprint density at radius 3 is 2.00 bits per heavy atom. The minimum Gasteiger partial charge on any atom is -0.550 e. The van der Waals surface area contributed by atoms with Gasteiger partial charge in [-0.05, 0) is 38.5 Å². The lowest BCUT2D eigenvalue weighted by atomic mass is 10.1. The number of carbonyl (C=O) groups excluding carboxylic acids is 2. The van der Waals surface area contributed by atoms with Crippen molar-refractivity contribution < 1.29 is 34.2 Å². The molecule has 0 aromatic carbocycles. The zero-order valence-corrected chi connectivity index (χ0v) is 18.0. The molecule has 8 nitrogen and oxygen atoms in total. The Bertz CT molecular complexity index is 448. The van der Waals surface area contributed by atoms with E-state index in [9.17, 15) is 24.6 Å². The molecule has 8 heteroatoms. The summed E-state index contributed by atoms with van der Waals surface area (Å²) in [5, 5.41) is 32.0. The van der Waals surface area contributed by atoms with Crippen LogP contribution in [0.25, 0.3) is 0 Å². The number of carbonyl (C=O) groups is 3. The molecule has 170 valence electrons. The van der Waals surface area contributed by atoms with Gasteiger partial charge < -0.3 is 29.9 Å². The topological polar surface area (TPSA) is 127 Å². The van der Waals surface area contributed by atoms with Crippen molar-refractivity contribution in [1.82, 2.24) is 5.32 Å². The molecular weight excluding hydrogens is 376 g/mol. The second-order valence-corrected chi connectivity index (χ2v) is 7.80. The van der Waals surface area contributed by atoms with Gasteiger partial charge in [-0.25, -0.2) is 0 Å². The fourth-order valence-electron chi connectivity index (χ4n) is 3.56. The van der Waals surface area contributed by atoms with Gasteiger partial charge in [-0.1, -0.05) is 26.2 Å². The lowest BCUT2D eigenvalue weighted by Gasteiger charge is -2.39. The van der Waals surface area contributed by atoms with E-state index in [0.717, 1.165) is 25.7 Å². The Morgan fingerprint density at radius 2 is 1.45 bits per heavy atom. The lowest BCUT2D eigenvalue weighted by molar-refractivity contribution is -0.927. The molecule has 0 rings (SSSR count). The predicted octanol–water partition coefficient (Wildman–Crippen LogP) is 1.06. The van der Waals surface area contributed by atoms with E-state index in [1.165, 1.54) is 0 Å². The number of aliphatic carboxylic acids is 2. The van der Waals surface area contributed by atoms with Crippen LogP contribution in [0.15, 0.2) is 0 Å². The zero-order chi connectivity index (χ0) is 22.0. The maximum Gasteiger partial charge on any atom is 0.303 e. The predicted molar refractivity (Wildman–Crippen MR) is 109 cm³/mol. The van der Waals surface area contributed by atoms with Crippen molar-refractivity contribution in [3.8, 4) is 0 Å². The molecule has 0 aliphatic heterocycles. The number of aliphatic hydroxyl groups excluding tert-OH is 1. The molecule has 29 heavy (non-hydrogen) atoms. The van der Waals surface area contributed by atoms with E-state index >= 15 is 0 Å². The first-order chi connectivity index (χ1) is 13.8. The van der Waals surface area contributed by atoms with Gasteiger partial charge in [0, 0.05) is 18.8 Å². The van der Waals surface area contributed by atoms with Crippen molar-refractivity contribution in [2.45, 2.75) is 77.6 Å². The highest BCUT2D eigenvalue weighted by Gasteiger charge is 2.26. The number of carboxylic acid groups (broad SMARTS) is 2. The molecule has 0 aromatic heterocycles. The van der Waals surface area contributed by atoms with Crippen molar-refractivity contribution >= 4 is 17.8 Å². The Labute approximate surface area is 174 Å². The van der Waals surface area contributed by atoms with Crippen LogP contribution in [-0.2, 0) is 14.4 Å². The summed E-state index contributed by atoms with van der Waals surface area (Å²) in [7, 11) is 0. The average Bonchev–Trinajstić information content (AvgIpc) is 2.66. The zero-order valence-electron chi connectivity index (χ0n) is 18.0. The molecule has 0 aromatic rings. The van der Waals surface area contributed by atoms with E-state index in [4.69, 9.17) is 5.11 Å². The monoisotopic (exact) mass is 416 g/mol. The molecule has 0 saturated carbocycles. The number of rotatable bonds is 20. The minimum absolute atomic E-state index is 0.00658. The molecule has 0 aliphatic carbocycles. The van der Waals surface area contributed by atoms with Crippen LogP contribution < -0.4 is 10.4 Å². The Kier molecular flexibility index (Phi) is 16.2. The van der Waals surface area contributed by atoms with E-state index in [2.05, 4.69) is 12.2 Å². The summed E-state index contributed by atoms with van der Waals surface area (Å²) in [6.07, 6.45) is 7.28. The van der Waals surface area contributed by atoms with E-state index in [0.29, 0.717) is 69.3 Å². The number of hydrogen-bond donors (Lipinski definition) is 3. The quantitative estimate of drug-likeness (QED) is 0.201. The van der Waals surface area contributed by atoms with Gasteiger partial charge in [0.05, 0.1) is 32.8 Å². The normalized spacial score (nSPS) is 13.0. The van der Waals surface area contributed by atoms with E-state index in [1.807, 2.05) is 0 Å². The number of unbranched alkanes of at least 4 members (excludes halogenated alkanes) is 5. The molecule has 1 unspecified atom stereocenters. The number of aliphatic hydroxyl groups is 1. The SMILES string of the molecule is CCCCCCC(=O)NCC[N+](CCO)(CCCCC(=O)[O-])CCCCC(=O)O. The number of hydrogen-bond acceptors (Lipinski definition) is 5. The molecule has 0 fully saturated rings. The van der Waals surface area contributed by atoms with Crippen LogP contribution in [0.2, 0.25) is 0 Å². The number of amides is 1. The summed E-state index contributed by atoms with van der Waals surface area (Å²) in [6.45, 7) is 5.14.